The van der Waals surface area contributed by atoms with Gasteiger partial charge in [-0.3, -0.25) is 9.67 Å². The molecule has 92 valence electrons. The molecule has 2 heterocycles. The molecule has 0 spiro atoms. The Morgan fingerprint density at radius 2 is 1.88 bits per heavy atom. The number of nitrogens with zero attached hydrogens (tertiary/aromatic N) is 3. The predicted octanol–water partition coefficient (Wildman–Crippen LogP) is 3.63. The fraction of sp³-hybridized carbons (Fsp3) is 0.429. The molecular weight excluding hydrogens is 210 g/mol. The van der Waals surface area contributed by atoms with Crippen molar-refractivity contribution >= 4 is 0 Å². The number of pyridine rings is 1. The molecule has 0 atom stereocenters. The van der Waals surface area contributed by atoms with Crippen molar-refractivity contribution in [1.82, 2.24) is 14.8 Å². The molecule has 3 nitrogen and oxygen atoms in total. The lowest BCUT2D eigenvalue weighted by Gasteiger charge is -2.05. The molecule has 2 aromatic rings. The molecule has 0 radical (unpaired) electrons. The van der Waals surface area contributed by atoms with Crippen LogP contribution in [0.1, 0.15) is 39.3 Å². The van der Waals surface area contributed by atoms with Crippen molar-refractivity contribution in [2.45, 2.75) is 33.6 Å². The number of hydrogen-bond donors (Lipinski definition) is 0. The maximum Gasteiger partial charge on any atom is 0.0568 e. The Morgan fingerprint density at radius 3 is 2.41 bits per heavy atom. The summed E-state index contributed by atoms with van der Waals surface area (Å²) in [6, 6.07) is 4.14. The summed E-state index contributed by atoms with van der Waals surface area (Å²) in [6.45, 7) is 8.30. The molecule has 0 aliphatic rings. The minimum Gasteiger partial charge on any atom is -0.275 e. The fourth-order valence-electron chi connectivity index (χ4n) is 1.51. The van der Waals surface area contributed by atoms with Crippen LogP contribution < -0.4 is 0 Å². The molecule has 2 aromatic heterocycles. The number of aromatic nitrogens is 3. The van der Waals surface area contributed by atoms with Gasteiger partial charge in [-0.15, -0.1) is 0 Å². The SMILES string of the molecule is CC.CC(C)c1cc(-c2cnn(C)c2)ccn1. The normalized spacial score (nSPS) is 10.0. The van der Waals surface area contributed by atoms with Crippen LogP contribution >= 0.6 is 0 Å². The lowest BCUT2D eigenvalue weighted by atomic mass is 10.1. The van der Waals surface area contributed by atoms with Gasteiger partial charge in [-0.1, -0.05) is 27.7 Å². The van der Waals surface area contributed by atoms with E-state index >= 15 is 0 Å². The summed E-state index contributed by atoms with van der Waals surface area (Å²) in [4.78, 5) is 4.34. The summed E-state index contributed by atoms with van der Waals surface area (Å²) in [5.74, 6) is 0.460. The third-order valence-corrected chi connectivity index (χ3v) is 2.41. The van der Waals surface area contributed by atoms with Gasteiger partial charge in [0.15, 0.2) is 0 Å². The monoisotopic (exact) mass is 231 g/mol. The summed E-state index contributed by atoms with van der Waals surface area (Å²) in [6.07, 6.45) is 5.75. The second-order valence-corrected chi connectivity index (χ2v) is 4.03. The average molecular weight is 231 g/mol. The lowest BCUT2D eigenvalue weighted by molar-refractivity contribution is 0.768. The van der Waals surface area contributed by atoms with Gasteiger partial charge in [0.25, 0.3) is 0 Å². The van der Waals surface area contributed by atoms with Gasteiger partial charge in [-0.25, -0.2) is 0 Å². The van der Waals surface area contributed by atoms with Crippen molar-refractivity contribution in [3.05, 3.63) is 36.4 Å². The molecule has 0 amide bonds. The van der Waals surface area contributed by atoms with E-state index in [4.69, 9.17) is 0 Å². The third kappa shape index (κ3) is 3.41. The first-order valence-electron chi connectivity index (χ1n) is 6.12. The van der Waals surface area contributed by atoms with E-state index in [-0.39, 0.29) is 0 Å². The van der Waals surface area contributed by atoms with Crippen molar-refractivity contribution < 1.29 is 0 Å². The topological polar surface area (TPSA) is 30.7 Å². The van der Waals surface area contributed by atoms with E-state index in [2.05, 4.69) is 30.0 Å². The quantitative estimate of drug-likeness (QED) is 0.790. The first-order valence-corrected chi connectivity index (χ1v) is 6.12. The zero-order valence-corrected chi connectivity index (χ0v) is 11.3. The molecule has 17 heavy (non-hydrogen) atoms. The van der Waals surface area contributed by atoms with Crippen LogP contribution in [0, 0.1) is 0 Å². The second kappa shape index (κ2) is 6.18. The van der Waals surface area contributed by atoms with Gasteiger partial charge in [-0.2, -0.15) is 5.10 Å². The minimum absolute atomic E-state index is 0.460. The molecular formula is C14H21N3. The standard InChI is InChI=1S/C12H15N3.C2H6/c1-9(2)12-6-10(4-5-13-12)11-7-14-15(3)8-11;1-2/h4-9H,1-3H3;1-2H3. The van der Waals surface area contributed by atoms with E-state index in [0.717, 1.165) is 11.3 Å². The minimum atomic E-state index is 0.460. The maximum atomic E-state index is 4.34. The highest BCUT2D eigenvalue weighted by molar-refractivity contribution is 5.61. The van der Waals surface area contributed by atoms with Gasteiger partial charge in [0.1, 0.15) is 0 Å². The van der Waals surface area contributed by atoms with Gasteiger partial charge in [0.05, 0.1) is 6.20 Å². The van der Waals surface area contributed by atoms with Gasteiger partial charge >= 0.3 is 0 Å². The molecule has 0 bridgehead atoms. The van der Waals surface area contributed by atoms with E-state index < -0.39 is 0 Å². The van der Waals surface area contributed by atoms with E-state index in [0.29, 0.717) is 5.92 Å². The maximum absolute atomic E-state index is 4.34. The van der Waals surface area contributed by atoms with Crippen molar-refractivity contribution in [2.75, 3.05) is 0 Å². The summed E-state index contributed by atoms with van der Waals surface area (Å²) >= 11 is 0. The van der Waals surface area contributed by atoms with Gasteiger partial charge in [0, 0.05) is 30.7 Å². The first-order chi connectivity index (χ1) is 8.16. The number of hydrogen-bond acceptors (Lipinski definition) is 2. The van der Waals surface area contributed by atoms with Gasteiger partial charge in [-0.05, 0) is 23.6 Å². The Balaban J connectivity index is 0.000000686. The van der Waals surface area contributed by atoms with Crippen LogP contribution in [0.25, 0.3) is 11.1 Å². The summed E-state index contributed by atoms with van der Waals surface area (Å²) in [5.41, 5.74) is 3.44. The van der Waals surface area contributed by atoms with Crippen LogP contribution in [0.4, 0.5) is 0 Å². The third-order valence-electron chi connectivity index (χ3n) is 2.41. The average Bonchev–Trinajstić information content (AvgIpc) is 2.79. The highest BCUT2D eigenvalue weighted by Gasteiger charge is 2.04. The Bertz CT molecular complexity index is 458. The van der Waals surface area contributed by atoms with Crippen LogP contribution in [-0.2, 0) is 7.05 Å². The Kier molecular flexibility index (Phi) is 4.88. The number of aryl methyl sites for hydroxylation is 1. The Morgan fingerprint density at radius 1 is 1.18 bits per heavy atom. The zero-order chi connectivity index (χ0) is 12.8. The van der Waals surface area contributed by atoms with E-state index in [9.17, 15) is 0 Å². The van der Waals surface area contributed by atoms with E-state index in [1.807, 2.05) is 50.2 Å². The molecule has 0 unspecified atom stereocenters. The van der Waals surface area contributed by atoms with Gasteiger partial charge in [0.2, 0.25) is 0 Å². The van der Waals surface area contributed by atoms with Crippen LogP contribution in [-0.4, -0.2) is 14.8 Å². The Hall–Kier alpha value is -1.64. The van der Waals surface area contributed by atoms with Crippen LogP contribution in [0.3, 0.4) is 0 Å². The predicted molar refractivity (Wildman–Crippen MR) is 71.9 cm³/mol. The Labute approximate surface area is 104 Å². The van der Waals surface area contributed by atoms with Crippen molar-refractivity contribution in [2.24, 2.45) is 7.05 Å². The lowest BCUT2D eigenvalue weighted by Crippen LogP contribution is -1.91. The van der Waals surface area contributed by atoms with Crippen molar-refractivity contribution in [1.29, 1.82) is 0 Å². The van der Waals surface area contributed by atoms with Crippen LogP contribution in [0.5, 0.6) is 0 Å². The molecule has 0 aromatic carbocycles. The van der Waals surface area contributed by atoms with Crippen LogP contribution in [0.15, 0.2) is 30.7 Å². The smallest absolute Gasteiger partial charge is 0.0568 e. The summed E-state index contributed by atoms with van der Waals surface area (Å²) in [5, 5.41) is 4.16. The molecule has 2 rings (SSSR count). The van der Waals surface area contributed by atoms with Crippen molar-refractivity contribution in [3.8, 4) is 11.1 Å². The summed E-state index contributed by atoms with van der Waals surface area (Å²) < 4.78 is 1.81. The molecule has 0 aliphatic carbocycles. The first kappa shape index (κ1) is 13.4. The highest BCUT2D eigenvalue weighted by atomic mass is 15.2. The zero-order valence-electron chi connectivity index (χ0n) is 11.3. The summed E-state index contributed by atoms with van der Waals surface area (Å²) in [7, 11) is 1.92. The van der Waals surface area contributed by atoms with Gasteiger partial charge < -0.3 is 0 Å². The molecule has 0 aliphatic heterocycles. The molecule has 0 saturated carbocycles. The van der Waals surface area contributed by atoms with E-state index in [1.54, 1.807) is 0 Å². The second-order valence-electron chi connectivity index (χ2n) is 4.03. The fourth-order valence-corrected chi connectivity index (χ4v) is 1.51. The largest absolute Gasteiger partial charge is 0.275 e. The molecule has 0 N–H and O–H groups in total. The van der Waals surface area contributed by atoms with Crippen molar-refractivity contribution in [3.63, 3.8) is 0 Å². The van der Waals surface area contributed by atoms with E-state index in [1.165, 1.54) is 5.56 Å². The molecule has 0 saturated heterocycles. The van der Waals surface area contributed by atoms with Crippen LogP contribution in [0.2, 0.25) is 0 Å². The highest BCUT2D eigenvalue weighted by Crippen LogP contribution is 2.21. The molecule has 3 heteroatoms. The number of rotatable bonds is 2. The molecule has 0 fully saturated rings.